The second-order valence-corrected chi connectivity index (χ2v) is 15.4. The summed E-state index contributed by atoms with van der Waals surface area (Å²) in [5.74, 6) is 0. The molecule has 5 rings (SSSR count). The lowest BCUT2D eigenvalue weighted by Crippen LogP contribution is -1.95. The van der Waals surface area contributed by atoms with E-state index < -0.39 is 0 Å². The molecular formula is C20H14N2S8. The Bertz CT molecular complexity index is 1020. The highest BCUT2D eigenvalue weighted by molar-refractivity contribution is 8.49. The van der Waals surface area contributed by atoms with Crippen LogP contribution < -0.4 is 0 Å². The summed E-state index contributed by atoms with van der Waals surface area (Å²) >= 11 is 15.1. The molecule has 0 saturated carbocycles. The maximum atomic E-state index is 4.62. The van der Waals surface area contributed by atoms with Gasteiger partial charge in [0.25, 0.3) is 0 Å². The van der Waals surface area contributed by atoms with Crippen molar-refractivity contribution in [2.24, 2.45) is 0 Å². The van der Waals surface area contributed by atoms with Crippen LogP contribution in [0, 0.1) is 0 Å². The average molecular weight is 539 g/mol. The number of nitrogens with zero attached hydrogens (tertiary/aromatic N) is 2. The van der Waals surface area contributed by atoms with E-state index in [9.17, 15) is 0 Å². The van der Waals surface area contributed by atoms with Crippen LogP contribution in [-0.2, 0) is 0 Å². The monoisotopic (exact) mass is 538 g/mol. The van der Waals surface area contributed by atoms with Gasteiger partial charge in [0, 0.05) is 18.0 Å². The van der Waals surface area contributed by atoms with Gasteiger partial charge in [-0.1, -0.05) is 82.7 Å². The van der Waals surface area contributed by atoms with Gasteiger partial charge in [0.05, 0.1) is 41.0 Å². The summed E-state index contributed by atoms with van der Waals surface area (Å²) in [6.07, 6.45) is 8.04. The Morgan fingerprint density at radius 1 is 0.633 bits per heavy atom. The Morgan fingerprint density at radius 3 is 1.53 bits per heavy atom. The zero-order chi connectivity index (χ0) is 20.5. The first-order chi connectivity index (χ1) is 14.8. The van der Waals surface area contributed by atoms with Crippen molar-refractivity contribution in [3.63, 3.8) is 0 Å². The molecule has 0 unspecified atom stereocenters. The zero-order valence-corrected chi connectivity index (χ0v) is 22.3. The van der Waals surface area contributed by atoms with Crippen LogP contribution in [0.3, 0.4) is 0 Å². The summed E-state index contributed by atoms with van der Waals surface area (Å²) in [4.78, 5) is 9.25. The van der Waals surface area contributed by atoms with Gasteiger partial charge >= 0.3 is 0 Å². The fraction of sp³-hybridized carbons (Fsp3) is 0.100. The molecule has 0 amide bonds. The summed E-state index contributed by atoms with van der Waals surface area (Å²) in [5.41, 5.74) is 3.07. The molecule has 0 fully saturated rings. The minimum atomic E-state index is 0.973. The molecule has 0 spiro atoms. The number of aromatic nitrogens is 2. The van der Waals surface area contributed by atoms with Gasteiger partial charge in [0.1, 0.15) is 0 Å². The molecule has 0 bridgehead atoms. The normalized spacial score (nSPS) is 18.7. The Balaban J connectivity index is 1.42. The van der Waals surface area contributed by atoms with Crippen LogP contribution in [0.4, 0.5) is 0 Å². The highest BCUT2D eigenvalue weighted by atomic mass is 32.3. The molecular weight excluding hydrogens is 525 g/mol. The fourth-order valence-corrected chi connectivity index (χ4v) is 14.5. The molecule has 3 aliphatic rings. The van der Waals surface area contributed by atoms with Crippen LogP contribution in [0.1, 0.15) is 11.4 Å². The van der Waals surface area contributed by atoms with Gasteiger partial charge in [-0.2, -0.15) is 0 Å². The number of pyridine rings is 2. The van der Waals surface area contributed by atoms with E-state index in [2.05, 4.69) is 34.6 Å². The topological polar surface area (TPSA) is 25.8 Å². The van der Waals surface area contributed by atoms with Gasteiger partial charge in [-0.05, 0) is 36.8 Å². The fourth-order valence-electron chi connectivity index (χ4n) is 2.74. The van der Waals surface area contributed by atoms with Crippen LogP contribution in [-0.4, -0.2) is 22.5 Å². The van der Waals surface area contributed by atoms with E-state index >= 15 is 0 Å². The highest BCUT2D eigenvalue weighted by Gasteiger charge is 2.36. The standard InChI is InChI=1S/C20H14N2S8/c1-23-15-16(24-2)28-19(27-15)20-29-17-18(30-20)26-14(25-17)13(11-7-3-5-9-21-11)12-8-4-6-10-22-12/h3-10H,1-2H3. The molecule has 5 heterocycles. The van der Waals surface area contributed by atoms with Crippen LogP contribution in [0.5, 0.6) is 0 Å². The lowest BCUT2D eigenvalue weighted by Gasteiger charge is -2.11. The van der Waals surface area contributed by atoms with Crippen LogP contribution in [0.2, 0.25) is 0 Å². The van der Waals surface area contributed by atoms with E-state index in [-0.39, 0.29) is 0 Å². The lowest BCUT2D eigenvalue weighted by atomic mass is 10.1. The molecule has 0 aromatic carbocycles. The van der Waals surface area contributed by atoms with Crippen molar-refractivity contribution in [2.45, 2.75) is 0 Å². The molecule has 2 aromatic rings. The minimum Gasteiger partial charge on any atom is -0.256 e. The first kappa shape index (κ1) is 21.9. The first-order valence-electron chi connectivity index (χ1n) is 8.72. The van der Waals surface area contributed by atoms with Crippen molar-refractivity contribution >= 4 is 99.7 Å². The summed E-state index contributed by atoms with van der Waals surface area (Å²) < 4.78 is 9.73. The predicted octanol–water partition coefficient (Wildman–Crippen LogP) is 8.74. The molecule has 0 radical (unpaired) electrons. The Morgan fingerprint density at radius 2 is 1.10 bits per heavy atom. The quantitative estimate of drug-likeness (QED) is 0.376. The van der Waals surface area contributed by atoms with E-state index in [4.69, 9.17) is 0 Å². The number of hydrogen-bond donors (Lipinski definition) is 0. The predicted molar refractivity (Wildman–Crippen MR) is 148 cm³/mol. The van der Waals surface area contributed by atoms with Crippen molar-refractivity contribution in [1.82, 2.24) is 9.97 Å². The third-order valence-electron chi connectivity index (χ3n) is 4.03. The summed E-state index contributed by atoms with van der Waals surface area (Å²) in [5, 5.41) is 0. The molecule has 2 nitrogen and oxygen atoms in total. The van der Waals surface area contributed by atoms with Gasteiger partial charge < -0.3 is 0 Å². The van der Waals surface area contributed by atoms with E-state index in [1.54, 1.807) is 0 Å². The van der Waals surface area contributed by atoms with E-state index in [0.717, 1.165) is 17.0 Å². The zero-order valence-electron chi connectivity index (χ0n) is 15.8. The molecule has 3 aliphatic heterocycles. The number of hydrogen-bond acceptors (Lipinski definition) is 10. The molecule has 30 heavy (non-hydrogen) atoms. The lowest BCUT2D eigenvalue weighted by molar-refractivity contribution is 1.22. The van der Waals surface area contributed by atoms with Crippen molar-refractivity contribution in [2.75, 3.05) is 12.5 Å². The molecule has 152 valence electrons. The maximum Gasteiger partial charge on any atom is 0.0740 e. The van der Waals surface area contributed by atoms with Gasteiger partial charge in [-0.3, -0.25) is 9.97 Å². The van der Waals surface area contributed by atoms with Crippen molar-refractivity contribution < 1.29 is 0 Å². The van der Waals surface area contributed by atoms with E-state index in [1.165, 1.54) is 29.7 Å². The van der Waals surface area contributed by atoms with Crippen LogP contribution >= 0.6 is 94.1 Å². The summed E-state index contributed by atoms with van der Waals surface area (Å²) in [6, 6.07) is 12.1. The number of thioether (sulfide) groups is 8. The van der Waals surface area contributed by atoms with Crippen LogP contribution in [0.15, 0.2) is 78.5 Å². The Labute approximate surface area is 210 Å². The molecule has 10 heteroatoms. The molecule has 0 aliphatic carbocycles. The third kappa shape index (κ3) is 4.44. The Kier molecular flexibility index (Phi) is 7.23. The van der Waals surface area contributed by atoms with Gasteiger partial charge in [-0.25, -0.2) is 0 Å². The van der Waals surface area contributed by atoms with Gasteiger partial charge in [0.2, 0.25) is 0 Å². The van der Waals surface area contributed by atoms with E-state index in [0.29, 0.717) is 0 Å². The second-order valence-electron chi connectivity index (χ2n) is 5.84. The third-order valence-corrected chi connectivity index (χ3v) is 15.4. The molecule has 0 N–H and O–H groups in total. The summed E-state index contributed by atoms with van der Waals surface area (Å²) in [6.45, 7) is 0. The van der Waals surface area contributed by atoms with Crippen molar-refractivity contribution in [3.8, 4) is 0 Å². The Hall–Kier alpha value is 0.0600. The van der Waals surface area contributed by atoms with Crippen molar-refractivity contribution in [1.29, 1.82) is 0 Å². The smallest absolute Gasteiger partial charge is 0.0740 e. The van der Waals surface area contributed by atoms with Crippen molar-refractivity contribution in [3.05, 3.63) is 89.8 Å². The molecule has 0 saturated heterocycles. The summed E-state index contributed by atoms with van der Waals surface area (Å²) in [7, 11) is 0. The van der Waals surface area contributed by atoms with E-state index in [1.807, 2.05) is 131 Å². The van der Waals surface area contributed by atoms with Gasteiger partial charge in [-0.15, -0.1) is 23.5 Å². The van der Waals surface area contributed by atoms with Gasteiger partial charge in [0.15, 0.2) is 0 Å². The molecule has 0 atom stereocenters. The largest absolute Gasteiger partial charge is 0.256 e. The minimum absolute atomic E-state index is 0.973. The SMILES string of the molecule is CSC1=C(SC)SC(=C2SC3=C(S2)SC(=C(c2ccccn2)c2ccccn2)S3)S1. The van der Waals surface area contributed by atoms with Crippen LogP contribution in [0.25, 0.3) is 5.57 Å². The average Bonchev–Trinajstić information content (AvgIpc) is 3.48. The maximum absolute atomic E-state index is 4.62. The number of rotatable bonds is 4. The highest BCUT2D eigenvalue weighted by Crippen LogP contribution is 2.71. The first-order valence-corrected chi connectivity index (χ1v) is 16.1. The second kappa shape index (κ2) is 9.91. The molecule has 2 aromatic heterocycles.